The van der Waals surface area contributed by atoms with Crippen molar-refractivity contribution in [1.29, 1.82) is 0 Å². The number of hydrogen-bond acceptors (Lipinski definition) is 4. The monoisotopic (exact) mass is 327 g/mol. The molecule has 0 aliphatic carbocycles. The SMILES string of the molecule is COc1cccc2c1OC[C@@H](N[C@H](C)CCc1ccc(O)cc1)C2. The van der Waals surface area contributed by atoms with E-state index >= 15 is 0 Å². The molecule has 0 bridgehead atoms. The standard InChI is InChI=1S/C20H25NO3/c1-14(6-7-15-8-10-18(22)11-9-15)21-17-12-16-4-3-5-19(23-2)20(16)24-13-17/h3-5,8-11,14,17,21-22H,6-7,12-13H2,1-2H3/t14-,17+/m1/s1. The molecule has 4 heteroatoms. The van der Waals surface area contributed by atoms with Gasteiger partial charge in [0.1, 0.15) is 12.4 Å². The topological polar surface area (TPSA) is 50.7 Å². The zero-order valence-corrected chi connectivity index (χ0v) is 14.3. The second kappa shape index (κ2) is 7.58. The Kier molecular flexibility index (Phi) is 5.26. The fourth-order valence-electron chi connectivity index (χ4n) is 3.19. The molecule has 0 saturated heterocycles. The highest BCUT2D eigenvalue weighted by Crippen LogP contribution is 2.34. The van der Waals surface area contributed by atoms with E-state index in [1.54, 1.807) is 19.2 Å². The molecule has 0 amide bonds. The van der Waals surface area contributed by atoms with Crippen LogP contribution in [0, 0.1) is 0 Å². The minimum atomic E-state index is 0.318. The molecule has 1 aliphatic rings. The Morgan fingerprint density at radius 3 is 2.79 bits per heavy atom. The Morgan fingerprint density at radius 1 is 1.25 bits per heavy atom. The summed E-state index contributed by atoms with van der Waals surface area (Å²) in [6.07, 6.45) is 2.99. The summed E-state index contributed by atoms with van der Waals surface area (Å²) in [6.45, 7) is 2.87. The largest absolute Gasteiger partial charge is 0.508 e. The first kappa shape index (κ1) is 16.7. The van der Waals surface area contributed by atoms with Crippen molar-refractivity contribution in [2.75, 3.05) is 13.7 Å². The molecule has 0 fully saturated rings. The summed E-state index contributed by atoms with van der Waals surface area (Å²) in [5, 5.41) is 13.0. The molecule has 128 valence electrons. The minimum absolute atomic E-state index is 0.318. The number of fused-ring (bicyclic) bond motifs is 1. The van der Waals surface area contributed by atoms with Crippen LogP contribution in [0.4, 0.5) is 0 Å². The summed E-state index contributed by atoms with van der Waals surface area (Å²) in [5.41, 5.74) is 2.44. The highest BCUT2D eigenvalue weighted by Gasteiger charge is 2.23. The lowest BCUT2D eigenvalue weighted by atomic mass is 10.00. The number of methoxy groups -OCH3 is 1. The summed E-state index contributed by atoms with van der Waals surface area (Å²) >= 11 is 0. The molecule has 3 rings (SSSR count). The Hall–Kier alpha value is -2.20. The number of hydrogen-bond donors (Lipinski definition) is 2. The number of phenolic OH excluding ortho intramolecular Hbond substituents is 1. The molecule has 1 heterocycles. The molecule has 0 radical (unpaired) electrons. The lowest BCUT2D eigenvalue weighted by Crippen LogP contribution is -2.44. The summed E-state index contributed by atoms with van der Waals surface area (Å²) in [7, 11) is 1.68. The van der Waals surface area contributed by atoms with Crippen LogP contribution in [0.1, 0.15) is 24.5 Å². The van der Waals surface area contributed by atoms with E-state index in [1.807, 2.05) is 24.3 Å². The van der Waals surface area contributed by atoms with Gasteiger partial charge in [0.2, 0.25) is 0 Å². The van der Waals surface area contributed by atoms with Gasteiger partial charge in [-0.15, -0.1) is 0 Å². The van der Waals surface area contributed by atoms with Gasteiger partial charge in [0.15, 0.2) is 11.5 Å². The molecule has 0 aromatic heterocycles. The fourth-order valence-corrected chi connectivity index (χ4v) is 3.19. The van der Waals surface area contributed by atoms with Crippen molar-refractivity contribution in [1.82, 2.24) is 5.32 Å². The molecule has 2 aromatic rings. The van der Waals surface area contributed by atoms with Crippen molar-refractivity contribution in [3.05, 3.63) is 53.6 Å². The van der Waals surface area contributed by atoms with Crippen LogP contribution in [0.15, 0.2) is 42.5 Å². The molecular formula is C20H25NO3. The lowest BCUT2D eigenvalue weighted by molar-refractivity contribution is 0.217. The van der Waals surface area contributed by atoms with E-state index in [0.717, 1.165) is 30.8 Å². The molecule has 0 spiro atoms. The van der Waals surface area contributed by atoms with Crippen LogP contribution >= 0.6 is 0 Å². The summed E-state index contributed by atoms with van der Waals surface area (Å²) in [5.74, 6) is 2.01. The molecule has 0 saturated carbocycles. The second-order valence-corrected chi connectivity index (χ2v) is 6.43. The van der Waals surface area contributed by atoms with Crippen LogP contribution in [0.25, 0.3) is 0 Å². The molecule has 2 aromatic carbocycles. The molecule has 24 heavy (non-hydrogen) atoms. The molecular weight excluding hydrogens is 302 g/mol. The van der Waals surface area contributed by atoms with Crippen LogP contribution in [-0.4, -0.2) is 30.9 Å². The van der Waals surface area contributed by atoms with Crippen molar-refractivity contribution in [2.24, 2.45) is 0 Å². The summed E-state index contributed by atoms with van der Waals surface area (Å²) < 4.78 is 11.3. The van der Waals surface area contributed by atoms with E-state index in [0.29, 0.717) is 24.4 Å². The number of aromatic hydroxyl groups is 1. The Balaban J connectivity index is 1.52. The average molecular weight is 327 g/mol. The average Bonchev–Trinajstić information content (AvgIpc) is 2.60. The van der Waals surface area contributed by atoms with Gasteiger partial charge in [-0.2, -0.15) is 0 Å². The van der Waals surface area contributed by atoms with Gasteiger partial charge in [0.25, 0.3) is 0 Å². The zero-order valence-electron chi connectivity index (χ0n) is 14.3. The third kappa shape index (κ3) is 4.01. The van der Waals surface area contributed by atoms with E-state index in [2.05, 4.69) is 18.3 Å². The van der Waals surface area contributed by atoms with Crippen molar-refractivity contribution < 1.29 is 14.6 Å². The number of phenols is 1. The Bertz CT molecular complexity index is 669. The van der Waals surface area contributed by atoms with Crippen molar-refractivity contribution in [3.8, 4) is 17.2 Å². The van der Waals surface area contributed by atoms with E-state index in [-0.39, 0.29) is 0 Å². The Morgan fingerprint density at radius 2 is 2.04 bits per heavy atom. The molecule has 1 aliphatic heterocycles. The second-order valence-electron chi connectivity index (χ2n) is 6.43. The predicted octanol–water partition coefficient (Wildman–Crippen LogP) is 3.32. The predicted molar refractivity (Wildman–Crippen MR) is 95.0 cm³/mol. The molecule has 2 atom stereocenters. The summed E-state index contributed by atoms with van der Waals surface area (Å²) in [4.78, 5) is 0. The lowest BCUT2D eigenvalue weighted by Gasteiger charge is -2.29. The highest BCUT2D eigenvalue weighted by molar-refractivity contribution is 5.48. The summed E-state index contributed by atoms with van der Waals surface area (Å²) in [6, 6.07) is 14.2. The van der Waals surface area contributed by atoms with Gasteiger partial charge >= 0.3 is 0 Å². The first-order valence-corrected chi connectivity index (χ1v) is 8.48. The maximum absolute atomic E-state index is 9.33. The molecule has 4 nitrogen and oxygen atoms in total. The van der Waals surface area contributed by atoms with Crippen molar-refractivity contribution in [2.45, 2.75) is 38.3 Å². The number of para-hydroxylation sites is 1. The van der Waals surface area contributed by atoms with E-state index in [1.165, 1.54) is 11.1 Å². The molecule has 0 unspecified atom stereocenters. The van der Waals surface area contributed by atoms with Gasteiger partial charge in [-0.3, -0.25) is 0 Å². The first-order chi connectivity index (χ1) is 11.7. The van der Waals surface area contributed by atoms with Crippen LogP contribution in [0.5, 0.6) is 17.2 Å². The third-order valence-electron chi connectivity index (χ3n) is 4.50. The number of benzene rings is 2. The van der Waals surface area contributed by atoms with Gasteiger partial charge in [-0.05, 0) is 55.5 Å². The zero-order chi connectivity index (χ0) is 16.9. The number of ether oxygens (including phenoxy) is 2. The maximum Gasteiger partial charge on any atom is 0.164 e. The minimum Gasteiger partial charge on any atom is -0.508 e. The smallest absolute Gasteiger partial charge is 0.164 e. The van der Waals surface area contributed by atoms with Gasteiger partial charge in [-0.1, -0.05) is 24.3 Å². The van der Waals surface area contributed by atoms with Crippen molar-refractivity contribution in [3.63, 3.8) is 0 Å². The van der Waals surface area contributed by atoms with Gasteiger partial charge in [0.05, 0.1) is 7.11 Å². The molecule has 2 N–H and O–H groups in total. The highest BCUT2D eigenvalue weighted by atomic mass is 16.5. The van der Waals surface area contributed by atoms with Gasteiger partial charge in [0, 0.05) is 12.1 Å². The van der Waals surface area contributed by atoms with E-state index < -0.39 is 0 Å². The van der Waals surface area contributed by atoms with Gasteiger partial charge < -0.3 is 19.9 Å². The van der Waals surface area contributed by atoms with Crippen LogP contribution in [-0.2, 0) is 12.8 Å². The maximum atomic E-state index is 9.33. The number of nitrogens with one attached hydrogen (secondary N) is 1. The van der Waals surface area contributed by atoms with E-state index in [4.69, 9.17) is 9.47 Å². The van der Waals surface area contributed by atoms with Crippen LogP contribution < -0.4 is 14.8 Å². The van der Waals surface area contributed by atoms with Gasteiger partial charge in [-0.25, -0.2) is 0 Å². The van der Waals surface area contributed by atoms with Crippen molar-refractivity contribution >= 4 is 0 Å². The normalized spacial score (nSPS) is 17.7. The van der Waals surface area contributed by atoms with E-state index in [9.17, 15) is 5.11 Å². The quantitative estimate of drug-likeness (QED) is 0.854. The third-order valence-corrected chi connectivity index (χ3v) is 4.50. The number of aryl methyl sites for hydroxylation is 1. The Labute approximate surface area is 143 Å². The fraction of sp³-hybridized carbons (Fsp3) is 0.400. The van der Waals surface area contributed by atoms with Crippen LogP contribution in [0.3, 0.4) is 0 Å². The first-order valence-electron chi connectivity index (χ1n) is 8.48. The van der Waals surface area contributed by atoms with Crippen LogP contribution in [0.2, 0.25) is 0 Å². The number of rotatable bonds is 6.